The van der Waals surface area contributed by atoms with E-state index in [4.69, 9.17) is 0 Å². The van der Waals surface area contributed by atoms with E-state index in [1.165, 1.54) is 18.2 Å². The minimum atomic E-state index is -3.84. The molecule has 4 nitrogen and oxygen atoms in total. The van der Waals surface area contributed by atoms with Crippen LogP contribution in [0.2, 0.25) is 0 Å². The molecule has 0 bridgehead atoms. The molecule has 0 spiro atoms. The normalized spacial score (nSPS) is 11.6. The molecule has 0 saturated heterocycles. The first-order chi connectivity index (χ1) is 9.66. The van der Waals surface area contributed by atoms with Gasteiger partial charge in [-0.05, 0) is 68.1 Å². The molecular formula is C16H18O4S. The van der Waals surface area contributed by atoms with Crippen LogP contribution >= 0.6 is 0 Å². The van der Waals surface area contributed by atoms with Crippen LogP contribution in [-0.2, 0) is 9.84 Å². The second-order valence-corrected chi connectivity index (χ2v) is 7.15. The predicted molar refractivity (Wildman–Crippen MR) is 80.6 cm³/mol. The molecule has 2 aromatic rings. The lowest BCUT2D eigenvalue weighted by molar-refractivity contribution is 0.454. The van der Waals surface area contributed by atoms with Gasteiger partial charge in [-0.25, -0.2) is 8.42 Å². The third-order valence-corrected chi connectivity index (χ3v) is 5.66. The summed E-state index contributed by atoms with van der Waals surface area (Å²) < 4.78 is 25.5. The average Bonchev–Trinajstić information content (AvgIpc) is 2.39. The standard InChI is InChI=1S/C16H18O4S/c1-9-5-6-14(16(18)12(9)4)21(19,20)15-8-10(2)13(17)7-11(15)3/h5-8,17-18H,1-4H3. The van der Waals surface area contributed by atoms with Crippen LogP contribution in [0.25, 0.3) is 0 Å². The van der Waals surface area contributed by atoms with E-state index in [-0.39, 0.29) is 21.3 Å². The second kappa shape index (κ2) is 5.07. The number of aromatic hydroxyl groups is 2. The van der Waals surface area contributed by atoms with E-state index in [1.807, 2.05) is 0 Å². The molecular weight excluding hydrogens is 288 g/mol. The van der Waals surface area contributed by atoms with Gasteiger partial charge in [-0.15, -0.1) is 0 Å². The Balaban J connectivity index is 2.75. The first kappa shape index (κ1) is 15.4. The summed E-state index contributed by atoms with van der Waals surface area (Å²) in [6, 6.07) is 5.92. The number of aryl methyl sites for hydroxylation is 3. The highest BCUT2D eigenvalue weighted by molar-refractivity contribution is 7.91. The van der Waals surface area contributed by atoms with Crippen LogP contribution in [0.4, 0.5) is 0 Å². The molecule has 0 aliphatic heterocycles. The Labute approximate surface area is 124 Å². The maximum atomic E-state index is 12.8. The van der Waals surface area contributed by atoms with Crippen molar-refractivity contribution < 1.29 is 18.6 Å². The van der Waals surface area contributed by atoms with Gasteiger partial charge in [0.05, 0.1) is 4.90 Å². The summed E-state index contributed by atoms with van der Waals surface area (Å²) in [5.74, 6) is -0.170. The lowest BCUT2D eigenvalue weighted by Crippen LogP contribution is -2.06. The van der Waals surface area contributed by atoms with Crippen molar-refractivity contribution in [1.82, 2.24) is 0 Å². The number of sulfone groups is 1. The lowest BCUT2D eigenvalue weighted by Gasteiger charge is -2.13. The van der Waals surface area contributed by atoms with E-state index in [0.29, 0.717) is 16.7 Å². The molecule has 0 unspecified atom stereocenters. The van der Waals surface area contributed by atoms with Gasteiger partial charge in [-0.3, -0.25) is 0 Å². The van der Waals surface area contributed by atoms with E-state index in [9.17, 15) is 18.6 Å². The monoisotopic (exact) mass is 306 g/mol. The molecule has 0 aliphatic rings. The fraction of sp³-hybridized carbons (Fsp3) is 0.250. The summed E-state index contributed by atoms with van der Waals surface area (Å²) in [5, 5.41) is 19.8. The van der Waals surface area contributed by atoms with Gasteiger partial charge in [-0.1, -0.05) is 6.07 Å². The minimum absolute atomic E-state index is 0.0516. The molecule has 2 rings (SSSR count). The Hall–Kier alpha value is -2.01. The smallest absolute Gasteiger partial charge is 0.210 e. The quantitative estimate of drug-likeness (QED) is 0.893. The first-order valence-electron chi connectivity index (χ1n) is 6.50. The number of phenolic OH excluding ortho intramolecular Hbond substituents is 2. The van der Waals surface area contributed by atoms with Gasteiger partial charge in [0.2, 0.25) is 9.84 Å². The van der Waals surface area contributed by atoms with Gasteiger partial charge >= 0.3 is 0 Å². The predicted octanol–water partition coefficient (Wildman–Crippen LogP) is 3.16. The number of phenols is 2. The molecule has 0 amide bonds. The van der Waals surface area contributed by atoms with E-state index in [1.54, 1.807) is 33.8 Å². The zero-order chi connectivity index (χ0) is 15.9. The summed E-state index contributed by atoms with van der Waals surface area (Å²) >= 11 is 0. The Morgan fingerprint density at radius 2 is 1.43 bits per heavy atom. The number of rotatable bonds is 2. The zero-order valence-electron chi connectivity index (χ0n) is 12.4. The van der Waals surface area contributed by atoms with Crippen LogP contribution in [0.3, 0.4) is 0 Å². The lowest BCUT2D eigenvalue weighted by atomic mass is 10.1. The fourth-order valence-electron chi connectivity index (χ4n) is 2.18. The molecule has 0 fully saturated rings. The summed E-state index contributed by atoms with van der Waals surface area (Å²) in [6.07, 6.45) is 0. The first-order valence-corrected chi connectivity index (χ1v) is 7.99. The van der Waals surface area contributed by atoms with Crippen LogP contribution in [-0.4, -0.2) is 18.6 Å². The molecule has 21 heavy (non-hydrogen) atoms. The molecule has 5 heteroatoms. The van der Waals surface area contributed by atoms with Crippen molar-refractivity contribution in [2.45, 2.75) is 37.5 Å². The molecule has 0 radical (unpaired) electrons. The van der Waals surface area contributed by atoms with Gasteiger partial charge < -0.3 is 10.2 Å². The summed E-state index contributed by atoms with van der Waals surface area (Å²) in [4.78, 5) is -0.0184. The van der Waals surface area contributed by atoms with E-state index in [0.717, 1.165) is 5.56 Å². The fourth-order valence-corrected chi connectivity index (χ4v) is 3.88. The van der Waals surface area contributed by atoms with Gasteiger partial charge in [0.1, 0.15) is 16.4 Å². The summed E-state index contributed by atoms with van der Waals surface area (Å²) in [6.45, 7) is 6.73. The highest BCUT2D eigenvalue weighted by atomic mass is 32.2. The van der Waals surface area contributed by atoms with Gasteiger partial charge in [0.15, 0.2) is 0 Å². The van der Waals surface area contributed by atoms with Crippen LogP contribution in [0, 0.1) is 27.7 Å². The highest BCUT2D eigenvalue weighted by Crippen LogP contribution is 2.35. The second-order valence-electron chi connectivity index (χ2n) is 5.26. The van der Waals surface area contributed by atoms with Crippen molar-refractivity contribution in [1.29, 1.82) is 0 Å². The maximum absolute atomic E-state index is 12.8. The average molecular weight is 306 g/mol. The molecule has 2 aromatic carbocycles. The van der Waals surface area contributed by atoms with E-state index >= 15 is 0 Å². The van der Waals surface area contributed by atoms with Crippen molar-refractivity contribution in [2.24, 2.45) is 0 Å². The molecule has 0 heterocycles. The Bertz CT molecular complexity index is 813. The third kappa shape index (κ3) is 2.49. The van der Waals surface area contributed by atoms with Crippen LogP contribution < -0.4 is 0 Å². The number of hydrogen-bond donors (Lipinski definition) is 2. The Kier molecular flexibility index (Phi) is 3.72. The summed E-state index contributed by atoms with van der Waals surface area (Å²) in [7, 11) is -3.84. The number of hydrogen-bond acceptors (Lipinski definition) is 4. The zero-order valence-corrected chi connectivity index (χ0v) is 13.2. The van der Waals surface area contributed by atoms with Crippen molar-refractivity contribution in [3.8, 4) is 11.5 Å². The maximum Gasteiger partial charge on any atom is 0.210 e. The van der Waals surface area contributed by atoms with Crippen molar-refractivity contribution in [3.63, 3.8) is 0 Å². The van der Waals surface area contributed by atoms with E-state index < -0.39 is 9.84 Å². The molecule has 0 aliphatic carbocycles. The Morgan fingerprint density at radius 3 is 2.05 bits per heavy atom. The van der Waals surface area contributed by atoms with Gasteiger partial charge in [0, 0.05) is 0 Å². The van der Waals surface area contributed by atoms with Crippen LogP contribution in [0.1, 0.15) is 22.3 Å². The molecule has 0 atom stereocenters. The minimum Gasteiger partial charge on any atom is -0.508 e. The topological polar surface area (TPSA) is 74.6 Å². The van der Waals surface area contributed by atoms with Crippen LogP contribution in [0.15, 0.2) is 34.1 Å². The van der Waals surface area contributed by atoms with Gasteiger partial charge in [-0.2, -0.15) is 0 Å². The van der Waals surface area contributed by atoms with Crippen molar-refractivity contribution in [2.75, 3.05) is 0 Å². The largest absolute Gasteiger partial charge is 0.508 e. The van der Waals surface area contributed by atoms with E-state index in [2.05, 4.69) is 0 Å². The molecule has 2 N–H and O–H groups in total. The molecule has 0 aromatic heterocycles. The summed E-state index contributed by atoms with van der Waals surface area (Å²) in [5.41, 5.74) is 2.28. The van der Waals surface area contributed by atoms with Crippen molar-refractivity contribution in [3.05, 3.63) is 46.5 Å². The third-order valence-electron chi connectivity index (χ3n) is 3.74. The SMILES string of the molecule is Cc1cc(S(=O)(=O)c2ccc(C)c(C)c2O)c(C)cc1O. The van der Waals surface area contributed by atoms with Gasteiger partial charge in [0.25, 0.3) is 0 Å². The highest BCUT2D eigenvalue weighted by Gasteiger charge is 2.25. The molecule has 0 saturated carbocycles. The van der Waals surface area contributed by atoms with Crippen molar-refractivity contribution >= 4 is 9.84 Å². The number of benzene rings is 2. The molecule has 112 valence electrons. The van der Waals surface area contributed by atoms with Crippen LogP contribution in [0.5, 0.6) is 11.5 Å². The Morgan fingerprint density at radius 1 is 0.810 bits per heavy atom.